The van der Waals surface area contributed by atoms with Crippen molar-refractivity contribution < 1.29 is 0 Å². The quantitative estimate of drug-likeness (QED) is 0.309. The molecule has 0 amide bonds. The molecule has 0 heterocycles. The molecule has 4 rings (SSSR count). The van der Waals surface area contributed by atoms with Crippen LogP contribution in [0.15, 0.2) is 103 Å². The second-order valence-electron chi connectivity index (χ2n) is 7.71. The second-order valence-corrected chi connectivity index (χ2v) is 7.71. The van der Waals surface area contributed by atoms with Crippen LogP contribution >= 0.6 is 0 Å². The molecule has 144 valence electrons. The maximum atomic E-state index is 2.29. The van der Waals surface area contributed by atoms with Gasteiger partial charge in [0.05, 0.1) is 0 Å². The number of hydrogen-bond acceptors (Lipinski definition) is 0. The van der Waals surface area contributed by atoms with Crippen molar-refractivity contribution >= 4 is 0 Å². The fourth-order valence-corrected chi connectivity index (χ4v) is 3.80. The van der Waals surface area contributed by atoms with Gasteiger partial charge >= 0.3 is 0 Å². The van der Waals surface area contributed by atoms with Gasteiger partial charge in [-0.3, -0.25) is 0 Å². The summed E-state index contributed by atoms with van der Waals surface area (Å²) in [4.78, 5) is 0. The molecular formula is C29H28. The molecule has 0 aliphatic rings. The number of hydrogen-bond donors (Lipinski definition) is 0. The van der Waals surface area contributed by atoms with Crippen LogP contribution in [0.5, 0.6) is 0 Å². The lowest BCUT2D eigenvalue weighted by Crippen LogP contribution is -1.92. The van der Waals surface area contributed by atoms with E-state index in [0.717, 1.165) is 12.8 Å². The lowest BCUT2D eigenvalue weighted by molar-refractivity contribution is 0.914. The summed E-state index contributed by atoms with van der Waals surface area (Å²) in [6.07, 6.45) is 4.56. The van der Waals surface area contributed by atoms with Crippen molar-refractivity contribution in [2.24, 2.45) is 0 Å². The van der Waals surface area contributed by atoms with Crippen LogP contribution in [0.25, 0.3) is 22.3 Å². The Morgan fingerprint density at radius 2 is 0.724 bits per heavy atom. The van der Waals surface area contributed by atoms with Gasteiger partial charge in [0.2, 0.25) is 0 Å². The van der Waals surface area contributed by atoms with Gasteiger partial charge in [0.1, 0.15) is 0 Å². The van der Waals surface area contributed by atoms with Gasteiger partial charge in [-0.05, 0) is 58.2 Å². The summed E-state index contributed by atoms with van der Waals surface area (Å²) in [7, 11) is 0. The van der Waals surface area contributed by atoms with E-state index in [2.05, 4.69) is 110 Å². The molecule has 0 atom stereocenters. The highest BCUT2D eigenvalue weighted by Crippen LogP contribution is 2.25. The highest BCUT2D eigenvalue weighted by atomic mass is 14.1. The van der Waals surface area contributed by atoms with E-state index in [1.54, 1.807) is 0 Å². The summed E-state index contributed by atoms with van der Waals surface area (Å²) in [5.41, 5.74) is 9.32. The van der Waals surface area contributed by atoms with Crippen LogP contribution in [0.3, 0.4) is 0 Å². The Morgan fingerprint density at radius 1 is 0.379 bits per heavy atom. The lowest BCUT2D eigenvalue weighted by Gasteiger charge is -2.07. The second kappa shape index (κ2) is 9.39. The van der Waals surface area contributed by atoms with E-state index in [4.69, 9.17) is 0 Å². The van der Waals surface area contributed by atoms with Crippen molar-refractivity contribution in [2.75, 3.05) is 0 Å². The van der Waals surface area contributed by atoms with Crippen LogP contribution in [-0.2, 0) is 19.3 Å². The Labute approximate surface area is 174 Å². The SMILES string of the molecule is CCCc1ccc(CCc2ccc(-c3ccc(-c4ccccc4)cc3)cc2)cc1. The van der Waals surface area contributed by atoms with E-state index in [1.807, 2.05) is 0 Å². The molecule has 0 saturated heterocycles. The fourth-order valence-electron chi connectivity index (χ4n) is 3.80. The Morgan fingerprint density at radius 3 is 1.17 bits per heavy atom. The van der Waals surface area contributed by atoms with Gasteiger partial charge in [0.15, 0.2) is 0 Å². The molecule has 0 fully saturated rings. The van der Waals surface area contributed by atoms with E-state index in [1.165, 1.54) is 51.8 Å². The van der Waals surface area contributed by atoms with Gasteiger partial charge in [-0.25, -0.2) is 0 Å². The van der Waals surface area contributed by atoms with Crippen molar-refractivity contribution in [1.82, 2.24) is 0 Å². The molecule has 0 aliphatic carbocycles. The summed E-state index contributed by atoms with van der Waals surface area (Å²) >= 11 is 0. The number of benzene rings is 4. The molecule has 0 unspecified atom stereocenters. The zero-order valence-corrected chi connectivity index (χ0v) is 17.1. The first-order valence-electron chi connectivity index (χ1n) is 10.6. The van der Waals surface area contributed by atoms with Crippen molar-refractivity contribution in [3.63, 3.8) is 0 Å². The smallest absolute Gasteiger partial charge is 0.0184 e. The molecule has 0 radical (unpaired) electrons. The highest BCUT2D eigenvalue weighted by molar-refractivity contribution is 5.70. The van der Waals surface area contributed by atoms with Crippen LogP contribution in [0.4, 0.5) is 0 Å². The van der Waals surface area contributed by atoms with Gasteiger partial charge < -0.3 is 0 Å². The largest absolute Gasteiger partial charge is 0.0651 e. The number of aryl methyl sites for hydroxylation is 3. The minimum Gasteiger partial charge on any atom is -0.0651 e. The maximum absolute atomic E-state index is 2.29. The summed E-state index contributed by atoms with van der Waals surface area (Å²) < 4.78 is 0. The third-order valence-corrected chi connectivity index (χ3v) is 5.54. The molecule has 0 aliphatic heterocycles. The molecule has 4 aromatic rings. The van der Waals surface area contributed by atoms with Crippen LogP contribution in [-0.4, -0.2) is 0 Å². The highest BCUT2D eigenvalue weighted by Gasteiger charge is 2.02. The topological polar surface area (TPSA) is 0 Å². The van der Waals surface area contributed by atoms with Crippen LogP contribution < -0.4 is 0 Å². The van der Waals surface area contributed by atoms with E-state index in [0.29, 0.717) is 0 Å². The maximum Gasteiger partial charge on any atom is -0.0184 e. The summed E-state index contributed by atoms with van der Waals surface area (Å²) in [6, 6.07) is 37.5. The van der Waals surface area contributed by atoms with Crippen LogP contribution in [0, 0.1) is 0 Å². The van der Waals surface area contributed by atoms with Crippen molar-refractivity contribution in [3.05, 3.63) is 120 Å². The van der Waals surface area contributed by atoms with Crippen LogP contribution in [0.1, 0.15) is 30.0 Å². The van der Waals surface area contributed by atoms with Gasteiger partial charge in [0, 0.05) is 0 Å². The van der Waals surface area contributed by atoms with E-state index in [-0.39, 0.29) is 0 Å². The Kier molecular flexibility index (Phi) is 6.22. The average Bonchev–Trinajstić information content (AvgIpc) is 2.80. The first kappa shape index (κ1) is 19.2. The monoisotopic (exact) mass is 376 g/mol. The molecule has 4 aromatic carbocycles. The Balaban J connectivity index is 1.38. The average molecular weight is 377 g/mol. The Hall–Kier alpha value is -3.12. The molecular weight excluding hydrogens is 348 g/mol. The minimum atomic E-state index is 1.08. The molecule has 0 bridgehead atoms. The molecule has 29 heavy (non-hydrogen) atoms. The lowest BCUT2D eigenvalue weighted by atomic mass is 9.98. The first-order valence-corrected chi connectivity index (χ1v) is 10.6. The zero-order valence-electron chi connectivity index (χ0n) is 17.1. The fraction of sp³-hybridized carbons (Fsp3) is 0.172. The molecule has 0 spiro atoms. The zero-order chi connectivity index (χ0) is 19.9. The molecule has 0 nitrogen and oxygen atoms in total. The summed E-state index contributed by atoms with van der Waals surface area (Å²) in [5, 5.41) is 0. The first-order chi connectivity index (χ1) is 14.3. The Bertz CT molecular complexity index is 1010. The molecule has 0 N–H and O–H groups in total. The molecule has 0 heteroatoms. The van der Waals surface area contributed by atoms with E-state index >= 15 is 0 Å². The molecule has 0 aromatic heterocycles. The van der Waals surface area contributed by atoms with Crippen LogP contribution in [0.2, 0.25) is 0 Å². The summed E-state index contributed by atoms with van der Waals surface area (Å²) in [6.45, 7) is 2.23. The van der Waals surface area contributed by atoms with Gasteiger partial charge in [-0.1, -0.05) is 116 Å². The minimum absolute atomic E-state index is 1.08. The third kappa shape index (κ3) is 5.03. The molecule has 0 saturated carbocycles. The third-order valence-electron chi connectivity index (χ3n) is 5.54. The van der Waals surface area contributed by atoms with Crippen molar-refractivity contribution in [3.8, 4) is 22.3 Å². The van der Waals surface area contributed by atoms with Gasteiger partial charge in [-0.15, -0.1) is 0 Å². The van der Waals surface area contributed by atoms with Crippen molar-refractivity contribution in [1.29, 1.82) is 0 Å². The predicted molar refractivity (Wildman–Crippen MR) is 125 cm³/mol. The number of rotatable bonds is 7. The van der Waals surface area contributed by atoms with E-state index in [9.17, 15) is 0 Å². The predicted octanol–water partition coefficient (Wildman–Crippen LogP) is 7.76. The van der Waals surface area contributed by atoms with Gasteiger partial charge in [-0.2, -0.15) is 0 Å². The summed E-state index contributed by atoms with van der Waals surface area (Å²) in [5.74, 6) is 0. The van der Waals surface area contributed by atoms with Gasteiger partial charge in [0.25, 0.3) is 0 Å². The standard InChI is InChI=1S/C29H28/c1-2-6-23-9-11-24(12-10-23)13-14-25-15-17-27(18-16-25)29-21-19-28(20-22-29)26-7-4-3-5-8-26/h3-5,7-12,15-22H,2,6,13-14H2,1H3. The van der Waals surface area contributed by atoms with E-state index < -0.39 is 0 Å². The normalized spacial score (nSPS) is 10.8. The van der Waals surface area contributed by atoms with Crippen molar-refractivity contribution in [2.45, 2.75) is 32.6 Å².